The van der Waals surface area contributed by atoms with E-state index < -0.39 is 0 Å². The monoisotopic (exact) mass is 437 g/mol. The molecule has 0 spiro atoms. The highest BCUT2D eigenvalue weighted by atomic mass is 35.5. The van der Waals surface area contributed by atoms with Gasteiger partial charge in [-0.15, -0.1) is 10.2 Å². The molecule has 0 N–H and O–H groups in total. The number of para-hydroxylation sites is 2. The zero-order valence-electron chi connectivity index (χ0n) is 15.9. The first-order chi connectivity index (χ1) is 13.5. The van der Waals surface area contributed by atoms with E-state index in [-0.39, 0.29) is 6.10 Å². The molecule has 28 heavy (non-hydrogen) atoms. The molecule has 0 radical (unpaired) electrons. The summed E-state index contributed by atoms with van der Waals surface area (Å²) in [7, 11) is 1.62. The normalized spacial score (nSPS) is 12.0. The van der Waals surface area contributed by atoms with Crippen molar-refractivity contribution in [1.29, 1.82) is 0 Å². The van der Waals surface area contributed by atoms with E-state index in [2.05, 4.69) is 21.7 Å². The fourth-order valence-corrected chi connectivity index (χ4v) is 4.31. The standard InChI is InChI=1S/C20H21Cl2N3O2S/c1-4-25-19(13(2)27-18-8-6-5-7-17(18)26-3)23-24-20(25)28-12-14-9-10-15(21)11-16(14)22/h5-11,13H,4,12H2,1-3H3. The number of aromatic nitrogens is 3. The Labute approximate surface area is 179 Å². The van der Waals surface area contributed by atoms with Crippen LogP contribution in [-0.4, -0.2) is 21.9 Å². The third kappa shape index (κ3) is 4.74. The van der Waals surface area contributed by atoms with Crippen molar-refractivity contribution >= 4 is 35.0 Å². The Balaban J connectivity index is 1.75. The minimum atomic E-state index is -0.280. The van der Waals surface area contributed by atoms with Crippen molar-refractivity contribution in [2.75, 3.05) is 7.11 Å². The van der Waals surface area contributed by atoms with E-state index >= 15 is 0 Å². The van der Waals surface area contributed by atoms with Gasteiger partial charge in [-0.2, -0.15) is 0 Å². The van der Waals surface area contributed by atoms with Crippen LogP contribution in [0.5, 0.6) is 11.5 Å². The Kier molecular flexibility index (Phi) is 7.10. The maximum absolute atomic E-state index is 6.27. The summed E-state index contributed by atoms with van der Waals surface area (Å²) in [5, 5.41) is 10.8. The van der Waals surface area contributed by atoms with Gasteiger partial charge in [0.15, 0.2) is 28.6 Å². The Bertz CT molecular complexity index is 949. The largest absolute Gasteiger partial charge is 0.493 e. The molecule has 8 heteroatoms. The molecule has 2 aromatic carbocycles. The van der Waals surface area contributed by atoms with Crippen molar-refractivity contribution in [2.45, 2.75) is 37.4 Å². The van der Waals surface area contributed by atoms with E-state index in [0.717, 1.165) is 23.1 Å². The van der Waals surface area contributed by atoms with Crippen molar-refractivity contribution in [1.82, 2.24) is 14.8 Å². The summed E-state index contributed by atoms with van der Waals surface area (Å²) in [4.78, 5) is 0. The van der Waals surface area contributed by atoms with Crippen LogP contribution in [0.15, 0.2) is 47.6 Å². The highest BCUT2D eigenvalue weighted by Gasteiger charge is 2.20. The Morgan fingerprint density at radius 1 is 1.11 bits per heavy atom. The lowest BCUT2D eigenvalue weighted by molar-refractivity contribution is 0.200. The van der Waals surface area contributed by atoms with Gasteiger partial charge in [-0.25, -0.2) is 0 Å². The van der Waals surface area contributed by atoms with Crippen LogP contribution in [0.25, 0.3) is 0 Å². The van der Waals surface area contributed by atoms with Crippen molar-refractivity contribution in [3.05, 3.63) is 63.9 Å². The van der Waals surface area contributed by atoms with Crippen molar-refractivity contribution in [3.63, 3.8) is 0 Å². The van der Waals surface area contributed by atoms with E-state index in [1.807, 2.05) is 43.3 Å². The maximum Gasteiger partial charge on any atom is 0.191 e. The number of rotatable bonds is 8. The first kappa shape index (κ1) is 20.8. The second-order valence-electron chi connectivity index (χ2n) is 6.02. The summed E-state index contributed by atoms with van der Waals surface area (Å²) < 4.78 is 13.5. The molecule has 1 unspecified atom stereocenters. The molecule has 0 aliphatic heterocycles. The summed E-state index contributed by atoms with van der Waals surface area (Å²) in [5.74, 6) is 2.79. The van der Waals surface area contributed by atoms with Crippen LogP contribution in [0.2, 0.25) is 10.0 Å². The topological polar surface area (TPSA) is 49.2 Å². The number of benzene rings is 2. The average Bonchev–Trinajstić information content (AvgIpc) is 3.10. The van der Waals surface area contributed by atoms with Crippen LogP contribution in [0.1, 0.15) is 31.3 Å². The van der Waals surface area contributed by atoms with Gasteiger partial charge >= 0.3 is 0 Å². The Morgan fingerprint density at radius 2 is 1.86 bits per heavy atom. The fourth-order valence-electron chi connectivity index (χ4n) is 2.75. The summed E-state index contributed by atoms with van der Waals surface area (Å²) in [6.07, 6.45) is -0.280. The molecular weight excluding hydrogens is 417 g/mol. The van der Waals surface area contributed by atoms with E-state index in [1.165, 1.54) is 0 Å². The Morgan fingerprint density at radius 3 is 2.54 bits per heavy atom. The molecule has 0 saturated heterocycles. The molecule has 3 aromatic rings. The molecule has 148 valence electrons. The zero-order chi connectivity index (χ0) is 20.1. The molecular formula is C20H21Cl2N3O2S. The van der Waals surface area contributed by atoms with Crippen LogP contribution >= 0.6 is 35.0 Å². The molecule has 0 saturated carbocycles. The van der Waals surface area contributed by atoms with Gasteiger partial charge in [-0.05, 0) is 43.7 Å². The van der Waals surface area contributed by atoms with Gasteiger partial charge in [-0.1, -0.05) is 53.2 Å². The molecule has 0 aliphatic rings. The van der Waals surface area contributed by atoms with Crippen LogP contribution in [0.4, 0.5) is 0 Å². The molecule has 1 atom stereocenters. The number of halogens is 2. The third-order valence-electron chi connectivity index (χ3n) is 4.17. The van der Waals surface area contributed by atoms with Crippen LogP contribution in [0, 0.1) is 0 Å². The number of hydrogen-bond donors (Lipinski definition) is 0. The molecule has 1 aromatic heterocycles. The smallest absolute Gasteiger partial charge is 0.191 e. The van der Waals surface area contributed by atoms with Crippen LogP contribution < -0.4 is 9.47 Å². The van der Waals surface area contributed by atoms with Gasteiger partial charge in [0, 0.05) is 22.3 Å². The summed E-state index contributed by atoms with van der Waals surface area (Å²) in [6.45, 7) is 4.74. The second-order valence-corrected chi connectivity index (χ2v) is 7.81. The number of hydrogen-bond acceptors (Lipinski definition) is 5. The van der Waals surface area contributed by atoms with Crippen LogP contribution in [0.3, 0.4) is 0 Å². The molecule has 0 bridgehead atoms. The van der Waals surface area contributed by atoms with E-state index in [0.29, 0.717) is 27.3 Å². The lowest BCUT2D eigenvalue weighted by atomic mass is 10.2. The van der Waals surface area contributed by atoms with E-state index in [4.69, 9.17) is 32.7 Å². The fraction of sp³-hybridized carbons (Fsp3) is 0.300. The minimum Gasteiger partial charge on any atom is -0.493 e. The molecule has 3 rings (SSSR count). The van der Waals surface area contributed by atoms with Gasteiger partial charge in [0.25, 0.3) is 0 Å². The average molecular weight is 438 g/mol. The van der Waals surface area contributed by atoms with Gasteiger partial charge in [0.1, 0.15) is 0 Å². The van der Waals surface area contributed by atoms with Crippen LogP contribution in [-0.2, 0) is 12.3 Å². The second kappa shape index (κ2) is 9.54. The lowest BCUT2D eigenvalue weighted by Gasteiger charge is -2.17. The maximum atomic E-state index is 6.27. The highest BCUT2D eigenvalue weighted by molar-refractivity contribution is 7.98. The predicted octanol–water partition coefficient (Wildman–Crippen LogP) is 6.05. The van der Waals surface area contributed by atoms with Crippen molar-refractivity contribution < 1.29 is 9.47 Å². The molecule has 5 nitrogen and oxygen atoms in total. The quantitative estimate of drug-likeness (QED) is 0.401. The summed E-state index contributed by atoms with van der Waals surface area (Å²) >= 11 is 13.8. The number of nitrogens with zero attached hydrogens (tertiary/aromatic N) is 3. The number of thioether (sulfide) groups is 1. The summed E-state index contributed by atoms with van der Waals surface area (Å²) in [6, 6.07) is 13.1. The zero-order valence-corrected chi connectivity index (χ0v) is 18.2. The lowest BCUT2D eigenvalue weighted by Crippen LogP contribution is -2.12. The minimum absolute atomic E-state index is 0.280. The molecule has 0 amide bonds. The number of ether oxygens (including phenoxy) is 2. The van der Waals surface area contributed by atoms with E-state index in [1.54, 1.807) is 24.9 Å². The van der Waals surface area contributed by atoms with Gasteiger partial charge in [0.2, 0.25) is 0 Å². The predicted molar refractivity (Wildman–Crippen MR) is 114 cm³/mol. The highest BCUT2D eigenvalue weighted by Crippen LogP contribution is 2.32. The van der Waals surface area contributed by atoms with Gasteiger partial charge in [-0.3, -0.25) is 0 Å². The molecule has 0 aliphatic carbocycles. The first-order valence-corrected chi connectivity index (χ1v) is 10.6. The van der Waals surface area contributed by atoms with Gasteiger partial charge in [0.05, 0.1) is 7.11 Å². The molecule has 1 heterocycles. The van der Waals surface area contributed by atoms with E-state index in [9.17, 15) is 0 Å². The Hall–Kier alpha value is -1.89. The van der Waals surface area contributed by atoms with Crippen molar-refractivity contribution in [2.24, 2.45) is 0 Å². The first-order valence-electron chi connectivity index (χ1n) is 8.83. The van der Waals surface area contributed by atoms with Gasteiger partial charge < -0.3 is 14.0 Å². The van der Waals surface area contributed by atoms with Crippen molar-refractivity contribution in [3.8, 4) is 11.5 Å². The molecule has 0 fully saturated rings. The summed E-state index contributed by atoms with van der Waals surface area (Å²) in [5.41, 5.74) is 1.00. The third-order valence-corrected chi connectivity index (χ3v) is 5.77. The SMILES string of the molecule is CCn1c(SCc2ccc(Cl)cc2Cl)nnc1C(C)Oc1ccccc1OC. The number of methoxy groups -OCH3 is 1.